The number of anilines is 1. The Bertz CT molecular complexity index is 1530. The number of rotatable bonds is 5. The summed E-state index contributed by atoms with van der Waals surface area (Å²) in [6, 6.07) is 8.31. The van der Waals surface area contributed by atoms with E-state index in [2.05, 4.69) is 23.7 Å². The number of aromatic nitrogens is 3. The number of nitrogen functional groups attached to an aromatic ring is 1. The van der Waals surface area contributed by atoms with Gasteiger partial charge >= 0.3 is 6.18 Å². The van der Waals surface area contributed by atoms with Crippen molar-refractivity contribution in [3.8, 4) is 5.69 Å². The van der Waals surface area contributed by atoms with Crippen molar-refractivity contribution in [3.05, 3.63) is 83.0 Å². The van der Waals surface area contributed by atoms with Crippen LogP contribution in [-0.4, -0.2) is 63.1 Å². The Hall–Kier alpha value is -4.19. The van der Waals surface area contributed by atoms with E-state index >= 15 is 0 Å². The number of methoxy groups -OCH3 is 1. The number of carbonyl (C=O) groups excluding carboxylic acids is 2. The van der Waals surface area contributed by atoms with Crippen LogP contribution in [0.5, 0.6) is 0 Å². The second-order valence-electron chi connectivity index (χ2n) is 10.6. The lowest BCUT2D eigenvalue weighted by atomic mass is 9.94. The molecule has 9 nitrogen and oxygen atoms in total. The summed E-state index contributed by atoms with van der Waals surface area (Å²) in [7, 11) is 1.54. The summed E-state index contributed by atoms with van der Waals surface area (Å²) in [5.74, 6) is -0.302. The molecule has 2 amide bonds. The van der Waals surface area contributed by atoms with E-state index in [1.54, 1.807) is 4.90 Å². The van der Waals surface area contributed by atoms with Gasteiger partial charge in [0.15, 0.2) is 0 Å². The topological polar surface area (TPSA) is 107 Å². The number of nitrogens with two attached hydrogens (primary N) is 1. The number of nitrogens with zero attached hydrogens (tertiary/aromatic N) is 5. The third kappa shape index (κ3) is 4.75. The predicted molar refractivity (Wildman–Crippen MR) is 143 cm³/mol. The maximum atomic E-state index is 13.8. The number of benzene rings is 1. The minimum absolute atomic E-state index is 0.122. The quantitative estimate of drug-likeness (QED) is 0.464. The Labute approximate surface area is 234 Å². The largest absolute Gasteiger partial charge is 0.433 e. The fraction of sp³-hybridized carbons (Fsp3) is 0.379. The van der Waals surface area contributed by atoms with Crippen LogP contribution in [0.1, 0.15) is 69.5 Å². The normalized spacial score (nSPS) is 20.4. The van der Waals surface area contributed by atoms with Gasteiger partial charge in [-0.2, -0.15) is 18.3 Å². The molecule has 1 saturated carbocycles. The average Bonchev–Trinajstić information content (AvgIpc) is 3.76. The van der Waals surface area contributed by atoms with Gasteiger partial charge in [0, 0.05) is 44.1 Å². The number of pyridine rings is 1. The molecule has 3 aromatic rings. The number of hydrogen-bond acceptors (Lipinski definition) is 6. The molecule has 12 heteroatoms. The second-order valence-corrected chi connectivity index (χ2v) is 10.6. The third-order valence-electron chi connectivity index (χ3n) is 8.11. The maximum Gasteiger partial charge on any atom is 0.433 e. The van der Waals surface area contributed by atoms with Gasteiger partial charge < -0.3 is 20.3 Å². The zero-order valence-corrected chi connectivity index (χ0v) is 22.4. The summed E-state index contributed by atoms with van der Waals surface area (Å²) in [6.07, 6.45) is -0.389. The molecular formula is C29H29F3N6O3. The molecule has 2 aromatic heterocycles. The number of amides is 2. The van der Waals surface area contributed by atoms with Crippen molar-refractivity contribution >= 4 is 17.5 Å². The maximum absolute atomic E-state index is 13.8. The summed E-state index contributed by atoms with van der Waals surface area (Å²) in [5, 5.41) is 4.95. The first-order valence-corrected chi connectivity index (χ1v) is 13.4. The molecule has 0 bridgehead atoms. The van der Waals surface area contributed by atoms with E-state index in [1.807, 2.05) is 16.8 Å². The highest BCUT2D eigenvalue weighted by Crippen LogP contribution is 2.43. The first kappa shape index (κ1) is 27.0. The van der Waals surface area contributed by atoms with Crippen LogP contribution >= 0.6 is 0 Å². The molecular weight excluding hydrogens is 537 g/mol. The van der Waals surface area contributed by atoms with Gasteiger partial charge in [0.05, 0.1) is 35.2 Å². The third-order valence-corrected chi connectivity index (χ3v) is 8.11. The molecule has 4 heterocycles. The Morgan fingerprint density at radius 2 is 1.90 bits per heavy atom. The van der Waals surface area contributed by atoms with Crippen LogP contribution in [0.3, 0.4) is 0 Å². The van der Waals surface area contributed by atoms with Crippen LogP contribution < -0.4 is 5.73 Å². The molecule has 1 aromatic carbocycles. The molecule has 0 radical (unpaired) electrons. The van der Waals surface area contributed by atoms with Crippen molar-refractivity contribution in [1.82, 2.24) is 24.6 Å². The Kier molecular flexibility index (Phi) is 6.60. The van der Waals surface area contributed by atoms with E-state index in [0.717, 1.165) is 23.1 Å². The van der Waals surface area contributed by atoms with Gasteiger partial charge in [0.2, 0.25) is 5.91 Å². The molecule has 41 heavy (non-hydrogen) atoms. The molecule has 2 aliphatic heterocycles. The minimum Gasteiger partial charge on any atom is -0.398 e. The fourth-order valence-corrected chi connectivity index (χ4v) is 5.84. The SMILES string of the molecule is C=CC(=O)N1CC(OC)c2nn(-c3ccc(C4CC4)cc3)c3c2C(C1)N(C(=O)c1cnc(C(F)(F)F)cc1N)CC3. The van der Waals surface area contributed by atoms with Crippen LogP contribution in [0.25, 0.3) is 5.69 Å². The first-order chi connectivity index (χ1) is 19.6. The van der Waals surface area contributed by atoms with Crippen LogP contribution in [0, 0.1) is 0 Å². The zero-order chi connectivity index (χ0) is 29.1. The summed E-state index contributed by atoms with van der Waals surface area (Å²) < 4.78 is 47.2. The summed E-state index contributed by atoms with van der Waals surface area (Å²) in [6.45, 7) is 4.15. The lowest BCUT2D eigenvalue weighted by molar-refractivity contribution is -0.141. The summed E-state index contributed by atoms with van der Waals surface area (Å²) >= 11 is 0. The number of ether oxygens (including phenoxy) is 1. The molecule has 214 valence electrons. The molecule has 6 rings (SSSR count). The van der Waals surface area contributed by atoms with E-state index < -0.39 is 29.9 Å². The van der Waals surface area contributed by atoms with E-state index in [-0.39, 0.29) is 36.8 Å². The van der Waals surface area contributed by atoms with Crippen molar-refractivity contribution in [2.24, 2.45) is 0 Å². The van der Waals surface area contributed by atoms with Crippen molar-refractivity contribution in [2.45, 2.75) is 43.5 Å². The Morgan fingerprint density at radius 1 is 1.17 bits per heavy atom. The average molecular weight is 567 g/mol. The van der Waals surface area contributed by atoms with Gasteiger partial charge in [-0.15, -0.1) is 0 Å². The summed E-state index contributed by atoms with van der Waals surface area (Å²) in [5.41, 5.74) is 8.73. The van der Waals surface area contributed by atoms with Gasteiger partial charge in [-0.1, -0.05) is 18.7 Å². The van der Waals surface area contributed by atoms with Crippen molar-refractivity contribution < 1.29 is 27.5 Å². The van der Waals surface area contributed by atoms with Crippen LogP contribution in [-0.2, 0) is 22.1 Å². The minimum atomic E-state index is -4.70. The molecule has 2 atom stereocenters. The number of halogens is 3. The van der Waals surface area contributed by atoms with Crippen LogP contribution in [0.2, 0.25) is 0 Å². The zero-order valence-electron chi connectivity index (χ0n) is 22.4. The fourth-order valence-electron chi connectivity index (χ4n) is 5.84. The van der Waals surface area contributed by atoms with Crippen molar-refractivity contribution in [1.29, 1.82) is 0 Å². The molecule has 1 fully saturated rings. The van der Waals surface area contributed by atoms with E-state index in [4.69, 9.17) is 15.6 Å². The smallest absolute Gasteiger partial charge is 0.398 e. The van der Waals surface area contributed by atoms with Gasteiger partial charge in [-0.05, 0) is 48.6 Å². The van der Waals surface area contributed by atoms with Gasteiger partial charge in [0.1, 0.15) is 11.8 Å². The predicted octanol–water partition coefficient (Wildman–Crippen LogP) is 4.20. The molecule has 0 spiro atoms. The lowest BCUT2D eigenvalue weighted by Gasteiger charge is -2.38. The molecule has 3 aliphatic rings. The van der Waals surface area contributed by atoms with E-state index in [0.29, 0.717) is 24.1 Å². The number of hydrogen-bond donors (Lipinski definition) is 1. The lowest BCUT2D eigenvalue weighted by Crippen LogP contribution is -2.46. The van der Waals surface area contributed by atoms with Crippen molar-refractivity contribution in [3.63, 3.8) is 0 Å². The number of alkyl halides is 3. The van der Waals surface area contributed by atoms with Crippen LogP contribution in [0.4, 0.5) is 18.9 Å². The second kappa shape index (κ2) is 10.0. The molecule has 2 N–H and O–H groups in total. The number of carbonyl (C=O) groups is 2. The first-order valence-electron chi connectivity index (χ1n) is 13.4. The standard InChI is InChI=1S/C29H29F3N6O3/c1-3-25(39)36-14-22-26-21(10-11-37(22)28(40)19-13-34-24(12-20(19)33)29(30,31)32)38(35-27(26)23(15-36)41-2)18-8-6-17(7-9-18)16-4-5-16/h3,6-9,12-13,16,22-23H,1,4-5,10-11,14-15H2,2H3,(H2,33,34). The van der Waals surface area contributed by atoms with Gasteiger partial charge in [0.25, 0.3) is 5.91 Å². The van der Waals surface area contributed by atoms with Crippen LogP contribution in [0.15, 0.2) is 49.2 Å². The van der Waals surface area contributed by atoms with Gasteiger partial charge in [-0.25, -0.2) is 4.68 Å². The highest BCUT2D eigenvalue weighted by molar-refractivity contribution is 5.99. The van der Waals surface area contributed by atoms with E-state index in [1.165, 1.54) is 36.5 Å². The Balaban J connectivity index is 1.43. The molecule has 1 aliphatic carbocycles. The molecule has 2 unspecified atom stereocenters. The monoisotopic (exact) mass is 566 g/mol. The summed E-state index contributed by atoms with van der Waals surface area (Å²) in [4.78, 5) is 33.2. The van der Waals surface area contributed by atoms with E-state index in [9.17, 15) is 22.8 Å². The molecule has 0 saturated heterocycles. The van der Waals surface area contributed by atoms with Crippen molar-refractivity contribution in [2.75, 3.05) is 32.5 Å². The highest BCUT2D eigenvalue weighted by Gasteiger charge is 2.43. The highest BCUT2D eigenvalue weighted by atomic mass is 19.4. The Morgan fingerprint density at radius 3 is 2.51 bits per heavy atom. The van der Waals surface area contributed by atoms with Gasteiger partial charge in [-0.3, -0.25) is 14.6 Å².